The number of aliphatic hydroxyl groups is 2. The Morgan fingerprint density at radius 2 is 0.839 bits per heavy atom. The van der Waals surface area contributed by atoms with Crippen molar-refractivity contribution in [2.24, 2.45) is 0 Å². The number of hydrogen-bond acceptors (Lipinski definition) is 5. The zero-order valence-electron chi connectivity index (χ0n) is 41.3. The van der Waals surface area contributed by atoms with E-state index in [0.717, 1.165) is 89.9 Å². The van der Waals surface area contributed by atoms with E-state index in [9.17, 15) is 19.8 Å². The first-order valence-electron chi connectivity index (χ1n) is 26.9. The molecule has 0 fully saturated rings. The molecule has 0 saturated heterocycles. The van der Waals surface area contributed by atoms with Gasteiger partial charge < -0.3 is 20.3 Å². The highest BCUT2D eigenvalue weighted by atomic mass is 16.5. The van der Waals surface area contributed by atoms with Gasteiger partial charge in [-0.2, -0.15) is 0 Å². The van der Waals surface area contributed by atoms with E-state index in [4.69, 9.17) is 4.74 Å². The molecule has 362 valence electrons. The molecule has 0 rings (SSSR count). The molecule has 3 N–H and O–H groups in total. The smallest absolute Gasteiger partial charge is 0.306 e. The number of rotatable bonds is 48. The average molecular weight is 870 g/mol. The third kappa shape index (κ3) is 44.4. The van der Waals surface area contributed by atoms with Crippen LogP contribution in [0.1, 0.15) is 271 Å². The summed E-state index contributed by atoms with van der Waals surface area (Å²) in [7, 11) is 0. The Morgan fingerprint density at radius 1 is 0.468 bits per heavy atom. The molecule has 0 saturated carbocycles. The number of esters is 1. The maximum atomic E-state index is 13.2. The van der Waals surface area contributed by atoms with Gasteiger partial charge in [-0.05, 0) is 77.0 Å². The maximum absolute atomic E-state index is 13.2. The number of hydrogen-bond donors (Lipinski definition) is 3. The van der Waals surface area contributed by atoms with E-state index < -0.39 is 18.2 Å². The first-order valence-corrected chi connectivity index (χ1v) is 26.9. The second kappa shape index (κ2) is 49.8. The molecule has 6 heteroatoms. The predicted molar refractivity (Wildman–Crippen MR) is 269 cm³/mol. The van der Waals surface area contributed by atoms with Crippen LogP contribution in [0.15, 0.2) is 48.6 Å². The van der Waals surface area contributed by atoms with E-state index in [1.54, 1.807) is 0 Å². The fourth-order valence-corrected chi connectivity index (χ4v) is 8.07. The number of nitrogens with one attached hydrogen (secondary N) is 1. The lowest BCUT2D eigenvalue weighted by Crippen LogP contribution is -2.46. The van der Waals surface area contributed by atoms with Crippen LogP contribution in [0.2, 0.25) is 0 Å². The Bertz CT molecular complexity index is 1070. The molecular formula is C56H103NO5. The molecule has 6 nitrogen and oxygen atoms in total. The van der Waals surface area contributed by atoms with Gasteiger partial charge in [-0.15, -0.1) is 0 Å². The van der Waals surface area contributed by atoms with Crippen LogP contribution in [0.3, 0.4) is 0 Å². The van der Waals surface area contributed by atoms with Gasteiger partial charge in [0.2, 0.25) is 5.91 Å². The standard InChI is InChI=1S/C56H103NO5/c1-4-7-10-13-16-19-22-24-26-27-28-30-32-34-37-40-43-46-49-56(61)62-52(47-44-41-38-35-21-18-15-12-9-6-3)50-55(60)57-53(51-58)54(59)48-45-42-39-36-33-31-29-25-23-20-17-14-11-8-5-2/h18,21-22,24,26-28,30,52-54,58-59H,4-17,19-20,23,25,29,31-51H2,1-3H3,(H,57,60)/b21-18-,24-22+,27-26+,30-28+. The van der Waals surface area contributed by atoms with Crippen LogP contribution >= 0.6 is 0 Å². The minimum absolute atomic E-state index is 0.0589. The molecule has 0 aromatic rings. The minimum atomic E-state index is -0.795. The van der Waals surface area contributed by atoms with E-state index in [1.807, 2.05) is 0 Å². The summed E-state index contributed by atoms with van der Waals surface area (Å²) >= 11 is 0. The molecule has 0 heterocycles. The second-order valence-corrected chi connectivity index (χ2v) is 18.3. The van der Waals surface area contributed by atoms with Crippen molar-refractivity contribution in [2.75, 3.05) is 6.61 Å². The fraction of sp³-hybridized carbons (Fsp3) is 0.821. The molecule has 0 aliphatic carbocycles. The zero-order valence-corrected chi connectivity index (χ0v) is 41.3. The Kier molecular flexibility index (Phi) is 48.1. The van der Waals surface area contributed by atoms with E-state index >= 15 is 0 Å². The highest BCUT2D eigenvalue weighted by molar-refractivity contribution is 5.77. The van der Waals surface area contributed by atoms with Crippen LogP contribution in [0.25, 0.3) is 0 Å². The van der Waals surface area contributed by atoms with Gasteiger partial charge in [0, 0.05) is 6.42 Å². The summed E-state index contributed by atoms with van der Waals surface area (Å²) in [5.41, 5.74) is 0. The van der Waals surface area contributed by atoms with Gasteiger partial charge in [-0.3, -0.25) is 9.59 Å². The molecule has 0 aromatic carbocycles. The summed E-state index contributed by atoms with van der Waals surface area (Å²) in [6.07, 6.45) is 60.3. The molecule has 1 amide bonds. The molecule has 0 aromatic heterocycles. The monoisotopic (exact) mass is 870 g/mol. The number of carbonyl (C=O) groups is 2. The Hall–Kier alpha value is -2.18. The molecule has 0 aliphatic rings. The van der Waals surface area contributed by atoms with Crippen LogP contribution in [-0.2, 0) is 14.3 Å². The Balaban J connectivity index is 4.51. The van der Waals surface area contributed by atoms with Crippen molar-refractivity contribution in [1.29, 1.82) is 0 Å². The van der Waals surface area contributed by atoms with Crippen molar-refractivity contribution >= 4 is 11.9 Å². The van der Waals surface area contributed by atoms with E-state index in [2.05, 4.69) is 74.7 Å². The molecule has 0 spiro atoms. The quantitative estimate of drug-likeness (QED) is 0.0245. The summed E-state index contributed by atoms with van der Waals surface area (Å²) in [6.45, 7) is 6.44. The van der Waals surface area contributed by atoms with Gasteiger partial charge in [0.05, 0.1) is 25.2 Å². The second-order valence-electron chi connectivity index (χ2n) is 18.3. The Morgan fingerprint density at radius 3 is 1.32 bits per heavy atom. The number of aliphatic hydroxyl groups excluding tert-OH is 2. The lowest BCUT2D eigenvalue weighted by Gasteiger charge is -2.24. The van der Waals surface area contributed by atoms with E-state index in [-0.39, 0.29) is 24.9 Å². The number of allylic oxidation sites excluding steroid dienone is 8. The van der Waals surface area contributed by atoms with Crippen molar-refractivity contribution in [1.82, 2.24) is 5.32 Å². The molecule has 3 atom stereocenters. The van der Waals surface area contributed by atoms with Crippen molar-refractivity contribution < 1.29 is 24.5 Å². The molecular weight excluding hydrogens is 767 g/mol. The van der Waals surface area contributed by atoms with Crippen molar-refractivity contribution in [3.63, 3.8) is 0 Å². The van der Waals surface area contributed by atoms with Gasteiger partial charge in [-0.1, -0.05) is 230 Å². The van der Waals surface area contributed by atoms with Gasteiger partial charge in [0.15, 0.2) is 0 Å². The highest BCUT2D eigenvalue weighted by Crippen LogP contribution is 2.18. The third-order valence-electron chi connectivity index (χ3n) is 12.2. The molecule has 0 aliphatic heterocycles. The van der Waals surface area contributed by atoms with Gasteiger partial charge in [0.25, 0.3) is 0 Å². The summed E-state index contributed by atoms with van der Waals surface area (Å²) in [4.78, 5) is 26.1. The normalized spacial score (nSPS) is 13.6. The number of unbranched alkanes of at least 4 members (excludes halogenated alkanes) is 30. The summed E-state index contributed by atoms with van der Waals surface area (Å²) in [5, 5.41) is 23.8. The molecule has 3 unspecified atom stereocenters. The zero-order chi connectivity index (χ0) is 45.2. The number of ether oxygens (including phenoxy) is 1. The topological polar surface area (TPSA) is 95.9 Å². The van der Waals surface area contributed by atoms with Crippen LogP contribution in [-0.4, -0.2) is 46.9 Å². The lowest BCUT2D eigenvalue weighted by molar-refractivity contribution is -0.151. The van der Waals surface area contributed by atoms with Crippen molar-refractivity contribution in [3.8, 4) is 0 Å². The number of amides is 1. The maximum Gasteiger partial charge on any atom is 0.306 e. The Labute approximate surface area is 385 Å². The average Bonchev–Trinajstić information content (AvgIpc) is 3.26. The van der Waals surface area contributed by atoms with Crippen molar-refractivity contribution in [3.05, 3.63) is 48.6 Å². The summed E-state index contributed by atoms with van der Waals surface area (Å²) < 4.78 is 5.91. The summed E-state index contributed by atoms with van der Waals surface area (Å²) in [5.74, 6) is -0.508. The van der Waals surface area contributed by atoms with Gasteiger partial charge >= 0.3 is 5.97 Å². The first-order chi connectivity index (χ1) is 30.5. The van der Waals surface area contributed by atoms with Crippen LogP contribution in [0.5, 0.6) is 0 Å². The van der Waals surface area contributed by atoms with Crippen molar-refractivity contribution in [2.45, 2.75) is 289 Å². The SMILES string of the molecule is CCCCC/C=C\CCCCCC(CC(=O)NC(CO)C(O)CCCCCCCCCCCCCCCCC)OC(=O)CCCCCCC/C=C/C=C/C=C/CCCCCCC. The lowest BCUT2D eigenvalue weighted by atomic mass is 10.0. The van der Waals surface area contributed by atoms with Crippen LogP contribution in [0, 0.1) is 0 Å². The highest BCUT2D eigenvalue weighted by Gasteiger charge is 2.24. The van der Waals surface area contributed by atoms with Crippen LogP contribution < -0.4 is 5.32 Å². The fourth-order valence-electron chi connectivity index (χ4n) is 8.07. The summed E-state index contributed by atoms with van der Waals surface area (Å²) in [6, 6.07) is -0.710. The predicted octanol–water partition coefficient (Wildman–Crippen LogP) is 16.2. The van der Waals surface area contributed by atoms with E-state index in [1.165, 1.54) is 135 Å². The van der Waals surface area contributed by atoms with Gasteiger partial charge in [0.1, 0.15) is 6.10 Å². The van der Waals surface area contributed by atoms with Gasteiger partial charge in [-0.25, -0.2) is 0 Å². The first kappa shape index (κ1) is 59.8. The van der Waals surface area contributed by atoms with Crippen LogP contribution in [0.4, 0.5) is 0 Å². The molecule has 0 bridgehead atoms. The van der Waals surface area contributed by atoms with E-state index in [0.29, 0.717) is 19.3 Å². The molecule has 0 radical (unpaired) electrons. The minimum Gasteiger partial charge on any atom is -0.462 e. The third-order valence-corrected chi connectivity index (χ3v) is 12.2. The number of carbonyl (C=O) groups excluding carboxylic acids is 2. The largest absolute Gasteiger partial charge is 0.462 e. The molecule has 62 heavy (non-hydrogen) atoms.